The van der Waals surface area contributed by atoms with E-state index < -0.39 is 5.92 Å². The minimum absolute atomic E-state index is 0.0955. The summed E-state index contributed by atoms with van der Waals surface area (Å²) in [5.41, 5.74) is 3.84. The molecule has 3 unspecified atom stereocenters. The maximum Gasteiger partial charge on any atom is 0.316 e. The molecule has 1 rings (SSSR count). The Morgan fingerprint density at radius 2 is 1.57 bits per heavy atom. The van der Waals surface area contributed by atoms with Crippen LogP contribution in [0.5, 0.6) is 0 Å². The van der Waals surface area contributed by atoms with Crippen LogP contribution in [0.4, 0.5) is 0 Å². The Labute approximate surface area is 173 Å². The van der Waals surface area contributed by atoms with Crippen molar-refractivity contribution < 1.29 is 18.9 Å². The van der Waals surface area contributed by atoms with Gasteiger partial charge >= 0.3 is 5.97 Å². The van der Waals surface area contributed by atoms with Crippen LogP contribution in [0.2, 0.25) is 0 Å². The first-order valence-electron chi connectivity index (χ1n) is 10.0. The minimum atomic E-state index is -0.723. The highest BCUT2D eigenvalue weighted by atomic mass is 31.0. The van der Waals surface area contributed by atoms with E-state index in [1.165, 1.54) is 0 Å². The minimum Gasteiger partial charge on any atom is -0.465 e. The van der Waals surface area contributed by atoms with Crippen molar-refractivity contribution >= 4 is 20.9 Å². The fourth-order valence-corrected chi connectivity index (χ4v) is 3.89. The van der Waals surface area contributed by atoms with E-state index in [0.29, 0.717) is 27.7 Å². The van der Waals surface area contributed by atoms with Crippen molar-refractivity contribution in [3.8, 4) is 0 Å². The van der Waals surface area contributed by atoms with Gasteiger partial charge in [0, 0.05) is 5.56 Å². The molecule has 0 aliphatic rings. The third-order valence-electron chi connectivity index (χ3n) is 4.57. The summed E-state index contributed by atoms with van der Waals surface area (Å²) in [5.74, 6) is -0.929. The lowest BCUT2D eigenvalue weighted by molar-refractivity contribution is -0.147. The van der Waals surface area contributed by atoms with E-state index >= 15 is 0 Å². The SMILES string of the molecule is CCCOC(=O)C(CC(C)CC(C)(C)C)C(=O)c1c(C)cc(C)cc1C.O=[PH3]. The largest absolute Gasteiger partial charge is 0.465 e. The van der Waals surface area contributed by atoms with E-state index in [-0.39, 0.29) is 23.1 Å². The molecule has 0 aliphatic heterocycles. The molecule has 0 aliphatic carbocycles. The zero-order valence-corrected chi connectivity index (χ0v) is 20.4. The van der Waals surface area contributed by atoms with Crippen molar-refractivity contribution in [1.82, 2.24) is 0 Å². The average molecular weight is 411 g/mol. The van der Waals surface area contributed by atoms with Crippen LogP contribution in [0.15, 0.2) is 12.1 Å². The average Bonchev–Trinajstić information content (AvgIpc) is 2.56. The van der Waals surface area contributed by atoms with Gasteiger partial charge in [0.05, 0.1) is 15.7 Å². The molecular weight excluding hydrogens is 371 g/mol. The summed E-state index contributed by atoms with van der Waals surface area (Å²) in [4.78, 5) is 26.0. The Balaban J connectivity index is 0.00000352. The molecule has 28 heavy (non-hydrogen) atoms. The van der Waals surface area contributed by atoms with Gasteiger partial charge in [0.25, 0.3) is 0 Å². The van der Waals surface area contributed by atoms with Crippen LogP contribution < -0.4 is 0 Å². The number of ketones is 1. The predicted molar refractivity (Wildman–Crippen MR) is 119 cm³/mol. The van der Waals surface area contributed by atoms with E-state index in [9.17, 15) is 9.59 Å². The van der Waals surface area contributed by atoms with Crippen LogP contribution >= 0.6 is 9.12 Å². The van der Waals surface area contributed by atoms with E-state index in [2.05, 4.69) is 27.7 Å². The third-order valence-corrected chi connectivity index (χ3v) is 4.57. The lowest BCUT2D eigenvalue weighted by Crippen LogP contribution is -2.30. The molecule has 4 nitrogen and oxygen atoms in total. The van der Waals surface area contributed by atoms with Crippen molar-refractivity contribution in [2.24, 2.45) is 17.3 Å². The monoisotopic (exact) mass is 410 g/mol. The van der Waals surface area contributed by atoms with Gasteiger partial charge in [0.2, 0.25) is 0 Å². The Morgan fingerprint density at radius 3 is 2.00 bits per heavy atom. The van der Waals surface area contributed by atoms with Gasteiger partial charge in [-0.05, 0) is 62.5 Å². The third kappa shape index (κ3) is 8.73. The summed E-state index contributed by atoms with van der Waals surface area (Å²) in [6.07, 6.45) is 2.25. The number of esters is 1. The summed E-state index contributed by atoms with van der Waals surface area (Å²) < 4.78 is 13.6. The van der Waals surface area contributed by atoms with Crippen molar-refractivity contribution in [1.29, 1.82) is 0 Å². The zero-order valence-electron chi connectivity index (χ0n) is 19.0. The number of aryl methyl sites for hydroxylation is 3. The van der Waals surface area contributed by atoms with Gasteiger partial charge < -0.3 is 9.30 Å². The Hall–Kier alpha value is -1.41. The lowest BCUT2D eigenvalue weighted by atomic mass is 9.79. The molecule has 1 aromatic carbocycles. The highest BCUT2D eigenvalue weighted by molar-refractivity contribution is 7.00. The van der Waals surface area contributed by atoms with E-state index in [0.717, 1.165) is 29.5 Å². The Bertz CT molecular complexity index is 638. The number of benzene rings is 1. The Morgan fingerprint density at radius 1 is 1.07 bits per heavy atom. The number of Topliss-reactive ketones (excluding diaryl/α,β-unsaturated/α-hetero) is 1. The maximum atomic E-state index is 13.3. The summed E-state index contributed by atoms with van der Waals surface area (Å²) >= 11 is 0. The van der Waals surface area contributed by atoms with Crippen molar-refractivity contribution in [2.45, 2.75) is 74.7 Å². The highest BCUT2D eigenvalue weighted by Gasteiger charge is 2.33. The number of hydrogen-bond acceptors (Lipinski definition) is 4. The summed E-state index contributed by atoms with van der Waals surface area (Å²) in [6.45, 7) is 16.9. The standard InChI is InChI=1S/C23H36O3.H3OP/c1-9-10-26-22(25)19(13-16(3)14-23(6,7)8)21(24)20-17(4)11-15(2)12-18(20)5;1-2/h11-12,16,19H,9-10,13-14H2,1-8H3;2H3. The van der Waals surface area contributed by atoms with Gasteiger partial charge in [0.1, 0.15) is 5.92 Å². The highest BCUT2D eigenvalue weighted by Crippen LogP contribution is 2.31. The van der Waals surface area contributed by atoms with Crippen LogP contribution in [-0.2, 0) is 14.1 Å². The molecule has 0 saturated carbocycles. The van der Waals surface area contributed by atoms with Crippen LogP contribution in [0, 0.1) is 38.0 Å². The van der Waals surface area contributed by atoms with E-state index in [1.807, 2.05) is 39.8 Å². The van der Waals surface area contributed by atoms with Gasteiger partial charge in [0.15, 0.2) is 5.78 Å². The molecule has 0 heterocycles. The molecule has 1 aromatic rings. The molecule has 0 bridgehead atoms. The smallest absolute Gasteiger partial charge is 0.316 e. The number of rotatable bonds is 8. The van der Waals surface area contributed by atoms with Gasteiger partial charge in [-0.15, -0.1) is 0 Å². The van der Waals surface area contributed by atoms with Crippen molar-refractivity contribution in [3.05, 3.63) is 34.4 Å². The molecule has 0 spiro atoms. The number of hydrogen-bond donors (Lipinski definition) is 0. The number of ether oxygens (including phenoxy) is 1. The second kappa shape index (κ2) is 12.2. The molecule has 0 fully saturated rings. The first-order valence-corrected chi connectivity index (χ1v) is 10.6. The number of carbonyl (C=O) groups excluding carboxylic acids is 2. The summed E-state index contributed by atoms with van der Waals surface area (Å²) in [6, 6.07) is 4.01. The predicted octanol–water partition coefficient (Wildman–Crippen LogP) is 5.77. The van der Waals surface area contributed by atoms with Crippen LogP contribution in [0.1, 0.15) is 80.9 Å². The Kier molecular flexibility index (Phi) is 11.6. The second-order valence-corrected chi connectivity index (χ2v) is 8.96. The topological polar surface area (TPSA) is 60.4 Å². The summed E-state index contributed by atoms with van der Waals surface area (Å²) in [7, 11) is 0.611. The fourth-order valence-electron chi connectivity index (χ4n) is 3.89. The maximum absolute atomic E-state index is 13.3. The van der Waals surface area contributed by atoms with Gasteiger partial charge in [-0.1, -0.05) is 52.3 Å². The lowest BCUT2D eigenvalue weighted by Gasteiger charge is -2.26. The fraction of sp³-hybridized carbons (Fsp3) is 0.652. The van der Waals surface area contributed by atoms with Gasteiger partial charge in [-0.25, -0.2) is 0 Å². The molecule has 0 radical (unpaired) electrons. The van der Waals surface area contributed by atoms with Gasteiger partial charge in [-0.3, -0.25) is 9.59 Å². The van der Waals surface area contributed by atoms with Crippen molar-refractivity contribution in [3.63, 3.8) is 0 Å². The second-order valence-electron chi connectivity index (χ2n) is 8.96. The molecular formula is C23H39O4P. The zero-order chi connectivity index (χ0) is 22.1. The van der Waals surface area contributed by atoms with Crippen molar-refractivity contribution in [2.75, 3.05) is 6.61 Å². The van der Waals surface area contributed by atoms with Crippen LogP contribution in [0.3, 0.4) is 0 Å². The molecule has 160 valence electrons. The molecule has 0 N–H and O–H groups in total. The summed E-state index contributed by atoms with van der Waals surface area (Å²) in [5, 5.41) is 0. The van der Waals surface area contributed by atoms with Crippen LogP contribution in [-0.4, -0.2) is 18.4 Å². The normalized spacial score (nSPS) is 13.3. The molecule has 3 atom stereocenters. The van der Waals surface area contributed by atoms with E-state index in [4.69, 9.17) is 9.30 Å². The molecule has 0 saturated heterocycles. The molecule has 5 heteroatoms. The first kappa shape index (κ1) is 26.6. The van der Waals surface area contributed by atoms with Gasteiger partial charge in [-0.2, -0.15) is 0 Å². The molecule has 0 aromatic heterocycles. The first-order chi connectivity index (χ1) is 13.0. The van der Waals surface area contributed by atoms with E-state index in [1.54, 1.807) is 0 Å². The molecule has 0 amide bonds. The quantitative estimate of drug-likeness (QED) is 0.236. The van der Waals surface area contributed by atoms with Crippen LogP contribution in [0.25, 0.3) is 0 Å². The number of carbonyl (C=O) groups is 2.